The number of phosphoric ester groups is 1. The summed E-state index contributed by atoms with van der Waals surface area (Å²) < 4.78 is 72.8. The van der Waals surface area contributed by atoms with E-state index in [1.807, 2.05) is 0 Å². The summed E-state index contributed by atoms with van der Waals surface area (Å²) in [6.07, 6.45) is -1.92. The van der Waals surface area contributed by atoms with Gasteiger partial charge < -0.3 is 39.3 Å². The first kappa shape index (κ1) is 29.8. The van der Waals surface area contributed by atoms with Crippen LogP contribution in [0.15, 0.2) is 17.1 Å². The largest absolute Gasteiger partial charge is 0.490 e. The quantitative estimate of drug-likeness (QED) is 0.0824. The fourth-order valence-electron chi connectivity index (χ4n) is 3.16. The average molecular weight is 614 g/mol. The Hall–Kier alpha value is -0.755. The summed E-state index contributed by atoms with van der Waals surface area (Å²) in [5.41, 5.74) is 3.35. The summed E-state index contributed by atoms with van der Waals surface area (Å²) in [5.74, 6) is -0.178. The molecule has 3 unspecified atom stereocenters. The van der Waals surface area contributed by atoms with Crippen molar-refractivity contribution in [2.75, 3.05) is 12.3 Å². The van der Waals surface area contributed by atoms with E-state index in [4.69, 9.17) is 25.0 Å². The molecule has 0 amide bonds. The number of nitrogens with zero attached hydrogens (tertiary/aromatic N) is 2. The Morgan fingerprint density at radius 2 is 2.00 bits per heavy atom. The zero-order valence-electron chi connectivity index (χ0n) is 17.8. The van der Waals surface area contributed by atoms with Gasteiger partial charge in [-0.2, -0.15) is 24.3 Å². The number of halogens is 1. The molecule has 2 aromatic rings. The molecule has 0 saturated carbocycles. The molecule has 0 bridgehead atoms. The van der Waals surface area contributed by atoms with Crippen molar-refractivity contribution in [1.29, 1.82) is 0 Å². The molecule has 3 heterocycles. The van der Waals surface area contributed by atoms with Gasteiger partial charge >= 0.3 is 23.5 Å². The molecule has 1 saturated heterocycles. The molecule has 1 fully saturated rings. The Balaban J connectivity index is 1.78. The molecule has 7 N–H and O–H groups in total. The van der Waals surface area contributed by atoms with Crippen molar-refractivity contribution in [3.05, 3.63) is 22.6 Å². The highest BCUT2D eigenvalue weighted by Crippen LogP contribution is 2.66. The number of nitrogens with two attached hydrogens (primary N) is 1. The molecule has 24 heteroatoms. The summed E-state index contributed by atoms with van der Waals surface area (Å²) in [7, 11) is -13.4. The second-order valence-electron chi connectivity index (χ2n) is 6.87. The molecule has 17 nitrogen and oxygen atoms in total. The molecular weight excluding hydrogens is 595 g/mol. The summed E-state index contributed by atoms with van der Waals surface area (Å²) >= 11 is 0. The lowest BCUT2D eigenvalue weighted by atomic mass is 10.2. The predicted molar refractivity (Wildman–Crippen MR) is 127 cm³/mol. The molecular formula is C12H19BFN4O13P3S2. The fourth-order valence-corrected chi connectivity index (χ4v) is 7.12. The number of ether oxygens (including phenoxy) is 2. The number of aromatic amines is 1. The van der Waals surface area contributed by atoms with Crippen LogP contribution in [0, 0.1) is 0 Å². The second-order valence-corrected chi connectivity index (χ2v) is 13.8. The van der Waals surface area contributed by atoms with Crippen molar-refractivity contribution in [2.45, 2.75) is 30.5 Å². The summed E-state index contributed by atoms with van der Waals surface area (Å²) in [4.78, 5) is 54.6. The second kappa shape index (κ2) is 11.5. The Morgan fingerprint density at radius 3 is 2.64 bits per heavy atom. The third-order valence-corrected chi connectivity index (χ3v) is 9.65. The molecule has 202 valence electrons. The fraction of sp³-hybridized carbons (Fsp3) is 0.500. The third kappa shape index (κ3) is 8.12. The summed E-state index contributed by atoms with van der Waals surface area (Å²) in [6, 6.07) is 1.43. The van der Waals surface area contributed by atoms with Crippen LogP contribution in [0.5, 0.6) is 0 Å². The van der Waals surface area contributed by atoms with Crippen molar-refractivity contribution in [3.63, 3.8) is 0 Å². The number of phosphoric acid groups is 3. The number of nitrogen functional groups attached to an aromatic ring is 1. The van der Waals surface area contributed by atoms with E-state index in [0.29, 0.717) is 0 Å². The lowest BCUT2D eigenvalue weighted by Gasteiger charge is -2.22. The lowest BCUT2D eigenvalue weighted by molar-refractivity contribution is -0.0856. The maximum Gasteiger partial charge on any atom is 0.490 e. The van der Waals surface area contributed by atoms with Gasteiger partial charge in [0.05, 0.1) is 18.1 Å². The molecule has 6 atom stereocenters. The minimum Gasteiger partial charge on any atom is -0.369 e. The summed E-state index contributed by atoms with van der Waals surface area (Å²) in [5, 5.41) is 0.170. The van der Waals surface area contributed by atoms with E-state index >= 15 is 0 Å². The van der Waals surface area contributed by atoms with E-state index < -0.39 is 59.8 Å². The Labute approximate surface area is 209 Å². The van der Waals surface area contributed by atoms with Gasteiger partial charge in [0, 0.05) is 12.6 Å². The number of aromatic nitrogens is 3. The van der Waals surface area contributed by atoms with Gasteiger partial charge in [0.1, 0.15) is 12.3 Å². The van der Waals surface area contributed by atoms with Crippen LogP contribution < -0.4 is 11.3 Å². The van der Waals surface area contributed by atoms with Gasteiger partial charge in [-0.05, 0) is 16.9 Å². The first-order valence-corrected chi connectivity index (χ1v) is 16.5. The molecule has 0 aliphatic carbocycles. The van der Waals surface area contributed by atoms with Gasteiger partial charge in [-0.15, -0.1) is 0 Å². The van der Waals surface area contributed by atoms with Crippen molar-refractivity contribution in [2.24, 2.45) is 0 Å². The molecule has 2 aromatic heterocycles. The molecule has 1 aliphatic heterocycles. The molecule has 0 aromatic carbocycles. The van der Waals surface area contributed by atoms with Crippen LogP contribution in [0.25, 0.3) is 11.0 Å². The van der Waals surface area contributed by atoms with Crippen LogP contribution in [0.2, 0.25) is 0 Å². The molecule has 0 spiro atoms. The Morgan fingerprint density at radius 1 is 1.31 bits per heavy atom. The van der Waals surface area contributed by atoms with Crippen LogP contribution in [0.4, 0.5) is 10.3 Å². The standard InChI is InChI=1S/C12H19BFN4O13P3S2/c13-36-35-11(14)29-6-3-8(18-2-1-5-9(18)16-12(15)17-10(5)19)28-7(6)4-27-33(23,24)31-34(25,26)30-32(20,21)22/h1-2,6-8,11H,3-4,13H2,(H,23,24)(H,25,26)(H2,20,21,22)(H3,15,16,17,19)/t6-,7?,8-,11+/m1/s1. The molecule has 1 aliphatic rings. The number of rotatable bonds is 12. The number of alkyl halides is 1. The Kier molecular flexibility index (Phi) is 9.56. The number of hydrogen-bond acceptors (Lipinski definition) is 13. The van der Waals surface area contributed by atoms with E-state index in [1.165, 1.54) is 16.8 Å². The van der Waals surface area contributed by atoms with Crippen molar-refractivity contribution >= 4 is 69.0 Å². The van der Waals surface area contributed by atoms with Gasteiger partial charge in [-0.3, -0.25) is 14.3 Å². The maximum absolute atomic E-state index is 14.2. The smallest absolute Gasteiger partial charge is 0.369 e. The van der Waals surface area contributed by atoms with E-state index in [-0.39, 0.29) is 23.4 Å². The van der Waals surface area contributed by atoms with Gasteiger partial charge in [0.2, 0.25) is 5.95 Å². The highest BCUT2D eigenvalue weighted by Gasteiger charge is 2.44. The zero-order chi connectivity index (χ0) is 26.9. The zero-order valence-corrected chi connectivity index (χ0v) is 22.2. The first-order valence-electron chi connectivity index (χ1n) is 9.38. The van der Waals surface area contributed by atoms with Gasteiger partial charge in [-0.25, -0.2) is 18.1 Å². The van der Waals surface area contributed by atoms with Gasteiger partial charge in [0.25, 0.3) is 11.2 Å². The Bertz CT molecular complexity index is 1290. The van der Waals surface area contributed by atoms with Crippen molar-refractivity contribution in [3.8, 4) is 0 Å². The topological polar surface area (TPSA) is 255 Å². The molecule has 36 heavy (non-hydrogen) atoms. The first-order chi connectivity index (χ1) is 16.6. The number of fused-ring (bicyclic) bond motifs is 1. The number of nitrogens with one attached hydrogen (secondary N) is 1. The van der Waals surface area contributed by atoms with Crippen LogP contribution in [0.1, 0.15) is 12.6 Å². The minimum atomic E-state index is -5.73. The van der Waals surface area contributed by atoms with Crippen LogP contribution in [-0.4, -0.2) is 65.7 Å². The van der Waals surface area contributed by atoms with Crippen LogP contribution in [-0.2, 0) is 36.3 Å². The minimum absolute atomic E-state index is 0.0576. The van der Waals surface area contributed by atoms with E-state index in [1.54, 1.807) is 7.12 Å². The van der Waals surface area contributed by atoms with Gasteiger partial charge in [-0.1, -0.05) is 0 Å². The maximum atomic E-state index is 14.2. The highest BCUT2D eigenvalue weighted by atomic mass is 33.1. The molecule has 0 radical (unpaired) electrons. The van der Waals surface area contributed by atoms with Crippen molar-refractivity contribution in [1.82, 2.24) is 14.5 Å². The summed E-state index contributed by atoms with van der Waals surface area (Å²) in [6.45, 7) is -0.864. The van der Waals surface area contributed by atoms with E-state index in [9.17, 15) is 32.7 Å². The SMILES string of the molecule is BSS[C@@H](F)O[C@@H]1C[C@H](n2ccc3c(=O)[nH]c(N)nc32)OC1COP(=O)(O)OP(=O)(O)OP(=O)(O)O. The number of anilines is 1. The van der Waals surface area contributed by atoms with E-state index in [2.05, 4.69) is 23.1 Å². The molecule has 3 rings (SSSR count). The van der Waals surface area contributed by atoms with Crippen LogP contribution >= 0.6 is 44.9 Å². The van der Waals surface area contributed by atoms with E-state index in [0.717, 1.165) is 21.4 Å². The van der Waals surface area contributed by atoms with Crippen LogP contribution in [0.3, 0.4) is 0 Å². The van der Waals surface area contributed by atoms with Gasteiger partial charge in [0.15, 0.2) is 12.8 Å². The van der Waals surface area contributed by atoms with Crippen molar-refractivity contribution < 1.29 is 60.3 Å². The predicted octanol–water partition coefficient (Wildman–Crippen LogP) is 0.505. The highest BCUT2D eigenvalue weighted by molar-refractivity contribution is 8.84. The lowest BCUT2D eigenvalue weighted by Crippen LogP contribution is -2.30. The number of H-pyrrole nitrogens is 1. The third-order valence-electron chi connectivity index (χ3n) is 4.36. The average Bonchev–Trinajstić information content (AvgIpc) is 3.27. The normalized spacial score (nSPS) is 25.0. The monoisotopic (exact) mass is 614 g/mol. The number of hydrogen-bond donors (Lipinski definition) is 6.